The SMILES string of the molecule is O=P(O)(O)OCC(Br)=C(Br)CO.[NaH]. The third kappa shape index (κ3) is 10.1. The van der Waals surface area contributed by atoms with Crippen molar-refractivity contribution in [2.45, 2.75) is 0 Å². The first-order valence-corrected chi connectivity index (χ1v) is 5.82. The van der Waals surface area contributed by atoms with E-state index < -0.39 is 7.82 Å². The van der Waals surface area contributed by atoms with Crippen molar-refractivity contribution in [1.82, 2.24) is 0 Å². The van der Waals surface area contributed by atoms with Crippen LogP contribution in [-0.4, -0.2) is 57.7 Å². The van der Waals surface area contributed by atoms with Gasteiger partial charge in [0.15, 0.2) is 0 Å². The van der Waals surface area contributed by atoms with Gasteiger partial charge in [0.25, 0.3) is 0 Å². The number of hydrogen-bond acceptors (Lipinski definition) is 3. The Morgan fingerprint density at radius 3 is 2.08 bits per heavy atom. The summed E-state index contributed by atoms with van der Waals surface area (Å²) in [5, 5.41) is 8.55. The van der Waals surface area contributed by atoms with Crippen LogP contribution < -0.4 is 0 Å². The topological polar surface area (TPSA) is 87.0 Å². The number of hydrogen-bond donors (Lipinski definition) is 3. The van der Waals surface area contributed by atoms with Gasteiger partial charge < -0.3 is 14.9 Å². The Morgan fingerprint density at radius 2 is 1.77 bits per heavy atom. The van der Waals surface area contributed by atoms with E-state index >= 15 is 0 Å². The third-order valence-electron chi connectivity index (χ3n) is 0.793. The van der Waals surface area contributed by atoms with Crippen LogP contribution in [0.5, 0.6) is 0 Å². The van der Waals surface area contributed by atoms with Crippen molar-refractivity contribution < 1.29 is 24.0 Å². The molecule has 0 aliphatic rings. The molecule has 0 saturated carbocycles. The fourth-order valence-corrected chi connectivity index (χ4v) is 1.13. The number of phosphoric ester groups is 1. The molecule has 13 heavy (non-hydrogen) atoms. The zero-order valence-corrected chi connectivity index (χ0v) is 9.84. The Labute approximate surface area is 114 Å². The van der Waals surface area contributed by atoms with Crippen LogP contribution >= 0.6 is 39.7 Å². The maximum atomic E-state index is 10.2. The molecule has 0 fully saturated rings. The summed E-state index contributed by atoms with van der Waals surface area (Å²) in [4.78, 5) is 16.6. The van der Waals surface area contributed by atoms with Crippen molar-refractivity contribution >= 4 is 69.2 Å². The molecule has 0 aliphatic heterocycles. The van der Waals surface area contributed by atoms with Crippen molar-refractivity contribution in [1.29, 1.82) is 0 Å². The van der Waals surface area contributed by atoms with Gasteiger partial charge in [0.2, 0.25) is 0 Å². The van der Waals surface area contributed by atoms with Crippen molar-refractivity contribution in [3.8, 4) is 0 Å². The summed E-state index contributed by atoms with van der Waals surface area (Å²) in [6, 6.07) is 0. The van der Waals surface area contributed by atoms with E-state index in [0.717, 1.165) is 0 Å². The maximum absolute atomic E-state index is 10.2. The van der Waals surface area contributed by atoms with Crippen molar-refractivity contribution in [3.05, 3.63) is 8.96 Å². The summed E-state index contributed by atoms with van der Waals surface area (Å²) >= 11 is 5.92. The van der Waals surface area contributed by atoms with Gasteiger partial charge in [-0.15, -0.1) is 0 Å². The molecular weight excluding hydrogens is 342 g/mol. The Bertz CT molecular complexity index is 227. The van der Waals surface area contributed by atoms with Crippen LogP contribution in [0.25, 0.3) is 0 Å². The van der Waals surface area contributed by atoms with E-state index in [1.54, 1.807) is 0 Å². The van der Waals surface area contributed by atoms with E-state index in [-0.39, 0.29) is 42.8 Å². The Morgan fingerprint density at radius 1 is 1.31 bits per heavy atom. The van der Waals surface area contributed by atoms with Crippen LogP contribution in [0.1, 0.15) is 0 Å². The fourth-order valence-electron chi connectivity index (χ4n) is 0.305. The first-order chi connectivity index (χ1) is 5.37. The number of aliphatic hydroxyl groups excluding tert-OH is 1. The molecule has 9 heteroatoms. The predicted octanol–water partition coefficient (Wildman–Crippen LogP) is 0.441. The molecule has 0 aliphatic carbocycles. The van der Waals surface area contributed by atoms with Crippen molar-refractivity contribution in [2.75, 3.05) is 13.2 Å². The quantitative estimate of drug-likeness (QED) is 0.506. The van der Waals surface area contributed by atoms with Crippen LogP contribution in [0.2, 0.25) is 0 Å². The van der Waals surface area contributed by atoms with Gasteiger partial charge in [0.1, 0.15) is 0 Å². The molecule has 0 aromatic heterocycles. The molecule has 0 spiro atoms. The molecule has 3 N–H and O–H groups in total. The van der Waals surface area contributed by atoms with E-state index in [9.17, 15) is 4.57 Å². The second kappa shape index (κ2) is 7.98. The summed E-state index contributed by atoms with van der Waals surface area (Å²) in [6.07, 6.45) is 0. The van der Waals surface area contributed by atoms with E-state index in [0.29, 0.717) is 8.96 Å². The molecule has 0 amide bonds. The first kappa shape index (κ1) is 17.2. The molecule has 0 rings (SSSR count). The number of halogens is 2. The van der Waals surface area contributed by atoms with Gasteiger partial charge in [0, 0.05) is 8.96 Å². The second-order valence-electron chi connectivity index (χ2n) is 1.73. The average Bonchev–Trinajstić information content (AvgIpc) is 1.97. The minimum absolute atomic E-state index is 0. The molecule has 0 saturated heterocycles. The number of rotatable bonds is 4. The van der Waals surface area contributed by atoms with Crippen molar-refractivity contribution in [2.24, 2.45) is 0 Å². The van der Waals surface area contributed by atoms with Gasteiger partial charge in [-0.05, 0) is 0 Å². The van der Waals surface area contributed by atoms with E-state index in [4.69, 9.17) is 14.9 Å². The molecule has 5 nitrogen and oxygen atoms in total. The molecule has 0 aromatic rings. The molecular formula is C4H8Br2NaO5P. The van der Waals surface area contributed by atoms with Gasteiger partial charge in [-0.2, -0.15) is 0 Å². The zero-order valence-electron chi connectivity index (χ0n) is 5.78. The van der Waals surface area contributed by atoms with E-state index in [1.165, 1.54) is 0 Å². The summed E-state index contributed by atoms with van der Waals surface area (Å²) in [5.74, 6) is 0. The standard InChI is InChI=1S/C4H7Br2O5P.Na.H/c5-3(1-7)4(6)2-11-12(8,9)10;;/h7H,1-2H2,(H2,8,9,10);;. The van der Waals surface area contributed by atoms with Crippen molar-refractivity contribution in [3.63, 3.8) is 0 Å². The molecule has 0 atom stereocenters. The van der Waals surface area contributed by atoms with Gasteiger partial charge in [-0.3, -0.25) is 4.52 Å². The van der Waals surface area contributed by atoms with E-state index in [2.05, 4.69) is 36.4 Å². The van der Waals surface area contributed by atoms with Gasteiger partial charge in [-0.25, -0.2) is 4.57 Å². The third-order valence-corrected chi connectivity index (χ3v) is 3.23. The predicted molar refractivity (Wildman–Crippen MR) is 57.1 cm³/mol. The van der Waals surface area contributed by atoms with Gasteiger partial charge >= 0.3 is 37.4 Å². The monoisotopic (exact) mass is 348 g/mol. The molecule has 0 radical (unpaired) electrons. The molecule has 0 aromatic carbocycles. The summed E-state index contributed by atoms with van der Waals surface area (Å²) in [7, 11) is -4.44. The molecule has 74 valence electrons. The van der Waals surface area contributed by atoms with Crippen LogP contribution in [-0.2, 0) is 9.09 Å². The fraction of sp³-hybridized carbons (Fsp3) is 0.500. The van der Waals surface area contributed by atoms with Gasteiger partial charge in [0.05, 0.1) is 13.2 Å². The Balaban J connectivity index is 0. The average molecular weight is 350 g/mol. The molecule has 0 unspecified atom stereocenters. The van der Waals surface area contributed by atoms with Crippen LogP contribution in [0, 0.1) is 0 Å². The van der Waals surface area contributed by atoms with Crippen LogP contribution in [0.4, 0.5) is 0 Å². The van der Waals surface area contributed by atoms with Crippen LogP contribution in [0.15, 0.2) is 8.96 Å². The van der Waals surface area contributed by atoms with Crippen LogP contribution in [0.3, 0.4) is 0 Å². The normalized spacial score (nSPS) is 13.3. The second-order valence-corrected chi connectivity index (χ2v) is 4.89. The number of phosphoric acid groups is 1. The summed E-state index contributed by atoms with van der Waals surface area (Å²) < 4.78 is 15.1. The van der Waals surface area contributed by atoms with Gasteiger partial charge in [-0.1, -0.05) is 31.9 Å². The Hall–Kier alpha value is 1.77. The minimum atomic E-state index is -4.44. The summed E-state index contributed by atoms with van der Waals surface area (Å²) in [5.41, 5.74) is 0. The first-order valence-electron chi connectivity index (χ1n) is 2.71. The van der Waals surface area contributed by atoms with E-state index in [1.807, 2.05) is 0 Å². The molecule has 0 heterocycles. The zero-order chi connectivity index (χ0) is 9.78. The Kier molecular flexibility index (Phi) is 10.5. The number of aliphatic hydroxyl groups is 1. The molecule has 0 bridgehead atoms. The summed E-state index contributed by atoms with van der Waals surface area (Å²) in [6.45, 7) is -0.545.